The van der Waals surface area contributed by atoms with E-state index < -0.39 is 10.0 Å². The molecule has 0 aliphatic carbocycles. The fourth-order valence-electron chi connectivity index (χ4n) is 2.60. The molecule has 0 amide bonds. The normalized spacial score (nSPS) is 11.2. The van der Waals surface area contributed by atoms with E-state index in [0.29, 0.717) is 23.8 Å². The molecule has 0 bridgehead atoms. The number of aromatic nitrogens is 3. The second-order valence-corrected chi connectivity index (χ2v) is 8.27. The van der Waals surface area contributed by atoms with E-state index in [1.54, 1.807) is 36.7 Å². The zero-order valence-electron chi connectivity index (χ0n) is 15.9. The van der Waals surface area contributed by atoms with Crippen LogP contribution in [0.5, 0.6) is 0 Å². The number of nitrogens with one attached hydrogen (secondary N) is 2. The molecule has 7 nitrogen and oxygen atoms in total. The van der Waals surface area contributed by atoms with Crippen LogP contribution in [0.15, 0.2) is 54.9 Å². The molecular formula is C20H23N5O2S. The average molecular weight is 398 g/mol. The quantitative estimate of drug-likeness (QED) is 0.593. The van der Waals surface area contributed by atoms with E-state index in [1.165, 1.54) is 0 Å². The van der Waals surface area contributed by atoms with Crippen LogP contribution in [0.4, 0.5) is 17.2 Å². The number of hydrogen-bond acceptors (Lipinski definition) is 6. The highest BCUT2D eigenvalue weighted by Crippen LogP contribution is 2.22. The molecule has 0 aliphatic rings. The molecule has 0 saturated heterocycles. The van der Waals surface area contributed by atoms with Crippen LogP contribution in [-0.4, -0.2) is 29.1 Å². The maximum absolute atomic E-state index is 12.0. The van der Waals surface area contributed by atoms with Crippen molar-refractivity contribution in [1.82, 2.24) is 15.0 Å². The number of benzene rings is 1. The third-order valence-corrected chi connectivity index (χ3v) is 5.36. The summed E-state index contributed by atoms with van der Waals surface area (Å²) >= 11 is 0. The number of aryl methyl sites for hydroxylation is 1. The molecule has 1 aromatic carbocycles. The number of rotatable bonds is 8. The van der Waals surface area contributed by atoms with Gasteiger partial charge in [-0.3, -0.25) is 9.71 Å². The summed E-state index contributed by atoms with van der Waals surface area (Å²) in [6, 6.07) is 12.6. The van der Waals surface area contributed by atoms with Gasteiger partial charge in [0.25, 0.3) is 0 Å². The van der Waals surface area contributed by atoms with Crippen molar-refractivity contribution in [2.45, 2.75) is 26.7 Å². The molecule has 146 valence electrons. The fourth-order valence-corrected chi connectivity index (χ4v) is 3.86. The second-order valence-electron chi connectivity index (χ2n) is 6.43. The van der Waals surface area contributed by atoms with Gasteiger partial charge in [0.1, 0.15) is 5.82 Å². The number of hydrogen-bond donors (Lipinski definition) is 2. The Morgan fingerprint density at radius 3 is 2.32 bits per heavy atom. The smallest absolute Gasteiger partial charge is 0.232 e. The number of unbranched alkanes of at least 4 members (excludes halogenated alkanes) is 1. The molecule has 2 aromatic heterocycles. The molecule has 28 heavy (non-hydrogen) atoms. The maximum Gasteiger partial charge on any atom is 0.232 e. The average Bonchev–Trinajstić information content (AvgIpc) is 2.68. The van der Waals surface area contributed by atoms with Crippen molar-refractivity contribution in [3.05, 3.63) is 60.6 Å². The minimum atomic E-state index is -3.31. The number of anilines is 3. The first kappa shape index (κ1) is 19.8. The van der Waals surface area contributed by atoms with Gasteiger partial charge in [0, 0.05) is 41.1 Å². The predicted molar refractivity (Wildman–Crippen MR) is 112 cm³/mol. The van der Waals surface area contributed by atoms with E-state index in [-0.39, 0.29) is 5.75 Å². The third-order valence-electron chi connectivity index (χ3n) is 3.99. The topological polar surface area (TPSA) is 96.9 Å². The summed E-state index contributed by atoms with van der Waals surface area (Å²) in [6.07, 6.45) is 4.88. The first-order valence-corrected chi connectivity index (χ1v) is 10.7. The van der Waals surface area contributed by atoms with Crippen molar-refractivity contribution >= 4 is 27.2 Å². The zero-order valence-corrected chi connectivity index (χ0v) is 16.7. The zero-order chi connectivity index (χ0) is 20.0. The van der Waals surface area contributed by atoms with E-state index in [9.17, 15) is 8.42 Å². The lowest BCUT2D eigenvalue weighted by Crippen LogP contribution is -2.16. The minimum Gasteiger partial charge on any atom is -0.340 e. The van der Waals surface area contributed by atoms with Crippen LogP contribution < -0.4 is 10.0 Å². The van der Waals surface area contributed by atoms with Gasteiger partial charge in [0.2, 0.25) is 10.0 Å². The van der Waals surface area contributed by atoms with Gasteiger partial charge in [0.05, 0.1) is 5.75 Å². The van der Waals surface area contributed by atoms with Gasteiger partial charge in [-0.15, -0.1) is 0 Å². The van der Waals surface area contributed by atoms with Crippen molar-refractivity contribution < 1.29 is 8.42 Å². The lowest BCUT2D eigenvalue weighted by atomic mass is 10.2. The van der Waals surface area contributed by atoms with Gasteiger partial charge in [-0.05, 0) is 49.7 Å². The highest BCUT2D eigenvalue weighted by molar-refractivity contribution is 7.92. The number of nitrogens with zero attached hydrogens (tertiary/aromatic N) is 3. The Hall–Kier alpha value is -3.00. The van der Waals surface area contributed by atoms with Crippen LogP contribution in [0.25, 0.3) is 11.4 Å². The number of sulfonamides is 1. The molecule has 0 radical (unpaired) electrons. The SMILES string of the molecule is CCCCS(=O)(=O)Nc1ccc(Nc2cc(C)nc(-c3ccncc3)n2)cc1. The molecule has 2 heterocycles. The Balaban J connectivity index is 1.73. The standard InChI is InChI=1S/C20H23N5O2S/c1-3-4-13-28(26,27)25-18-7-5-17(6-8-18)23-19-14-15(2)22-20(24-19)16-9-11-21-12-10-16/h5-12,14,25H,3-4,13H2,1-2H3,(H,22,23,24). The van der Waals surface area contributed by atoms with Crippen molar-refractivity contribution in [2.75, 3.05) is 15.8 Å². The Kier molecular flexibility index (Phi) is 6.20. The predicted octanol–water partition coefficient (Wildman–Crippen LogP) is 4.13. The van der Waals surface area contributed by atoms with E-state index in [2.05, 4.69) is 25.0 Å². The third kappa shape index (κ3) is 5.50. The summed E-state index contributed by atoms with van der Waals surface area (Å²) in [5.74, 6) is 1.40. The molecule has 0 atom stereocenters. The number of pyridine rings is 1. The highest BCUT2D eigenvalue weighted by Gasteiger charge is 2.10. The van der Waals surface area contributed by atoms with E-state index >= 15 is 0 Å². The van der Waals surface area contributed by atoms with Crippen molar-refractivity contribution in [2.24, 2.45) is 0 Å². The van der Waals surface area contributed by atoms with E-state index in [1.807, 2.05) is 32.0 Å². The molecule has 0 fully saturated rings. The Bertz CT molecular complexity index is 1020. The van der Waals surface area contributed by atoms with Crippen LogP contribution >= 0.6 is 0 Å². The first-order valence-electron chi connectivity index (χ1n) is 9.09. The Labute approximate surface area is 165 Å². The van der Waals surface area contributed by atoms with Crippen molar-refractivity contribution in [3.8, 4) is 11.4 Å². The molecule has 3 rings (SSSR count). The monoisotopic (exact) mass is 397 g/mol. The van der Waals surface area contributed by atoms with Crippen LogP contribution in [0.2, 0.25) is 0 Å². The Morgan fingerprint density at radius 2 is 1.64 bits per heavy atom. The summed E-state index contributed by atoms with van der Waals surface area (Å²) in [5.41, 5.74) is 3.07. The van der Waals surface area contributed by atoms with E-state index in [0.717, 1.165) is 23.4 Å². The lowest BCUT2D eigenvalue weighted by Gasteiger charge is -2.11. The maximum atomic E-state index is 12.0. The molecule has 0 unspecified atom stereocenters. The summed E-state index contributed by atoms with van der Waals surface area (Å²) in [5, 5.41) is 3.24. The largest absolute Gasteiger partial charge is 0.340 e. The minimum absolute atomic E-state index is 0.126. The van der Waals surface area contributed by atoms with E-state index in [4.69, 9.17) is 0 Å². The molecule has 0 aliphatic heterocycles. The van der Waals surface area contributed by atoms with Crippen LogP contribution in [-0.2, 0) is 10.0 Å². The van der Waals surface area contributed by atoms with Gasteiger partial charge in [-0.1, -0.05) is 13.3 Å². The van der Waals surface area contributed by atoms with Crippen molar-refractivity contribution in [3.63, 3.8) is 0 Å². The molecule has 3 aromatic rings. The van der Waals surface area contributed by atoms with Gasteiger partial charge >= 0.3 is 0 Å². The van der Waals surface area contributed by atoms with Gasteiger partial charge in [0.15, 0.2) is 5.82 Å². The molecule has 2 N–H and O–H groups in total. The summed E-state index contributed by atoms with van der Waals surface area (Å²) in [7, 11) is -3.31. The van der Waals surface area contributed by atoms with Crippen LogP contribution in [0.3, 0.4) is 0 Å². The van der Waals surface area contributed by atoms with Gasteiger partial charge in [-0.2, -0.15) is 0 Å². The summed E-state index contributed by atoms with van der Waals surface area (Å²) < 4.78 is 26.6. The summed E-state index contributed by atoms with van der Waals surface area (Å²) in [4.78, 5) is 13.0. The highest BCUT2D eigenvalue weighted by atomic mass is 32.2. The fraction of sp³-hybridized carbons (Fsp3) is 0.250. The first-order chi connectivity index (χ1) is 13.4. The Morgan fingerprint density at radius 1 is 0.964 bits per heavy atom. The van der Waals surface area contributed by atoms with Gasteiger partial charge < -0.3 is 5.32 Å². The van der Waals surface area contributed by atoms with Crippen LogP contribution in [0.1, 0.15) is 25.5 Å². The summed E-state index contributed by atoms with van der Waals surface area (Å²) in [6.45, 7) is 3.87. The van der Waals surface area contributed by atoms with Gasteiger partial charge in [-0.25, -0.2) is 18.4 Å². The lowest BCUT2D eigenvalue weighted by molar-refractivity contribution is 0.598. The molecule has 0 spiro atoms. The second kappa shape index (κ2) is 8.79. The molecular weight excluding hydrogens is 374 g/mol. The molecule has 0 saturated carbocycles. The van der Waals surface area contributed by atoms with Crippen molar-refractivity contribution in [1.29, 1.82) is 0 Å². The van der Waals surface area contributed by atoms with Crippen LogP contribution in [0, 0.1) is 6.92 Å². The molecule has 8 heteroatoms.